The van der Waals surface area contributed by atoms with E-state index in [0.717, 1.165) is 16.1 Å². The lowest BCUT2D eigenvalue weighted by Crippen LogP contribution is -1.99. The van der Waals surface area contributed by atoms with Gasteiger partial charge >= 0.3 is 0 Å². The van der Waals surface area contributed by atoms with Crippen molar-refractivity contribution in [2.45, 2.75) is 6.61 Å². The number of ether oxygens (including phenoxy) is 1. The molecule has 0 heterocycles. The zero-order valence-corrected chi connectivity index (χ0v) is 10.9. The van der Waals surface area contributed by atoms with E-state index in [1.165, 1.54) is 12.1 Å². The molecule has 2 rings (SSSR count). The highest BCUT2D eigenvalue weighted by atomic mass is 79.9. The van der Waals surface area contributed by atoms with Crippen LogP contribution in [0, 0.1) is 11.6 Å². The van der Waals surface area contributed by atoms with Gasteiger partial charge in [-0.25, -0.2) is 4.39 Å². The van der Waals surface area contributed by atoms with E-state index in [4.69, 9.17) is 10.5 Å². The Balaban J connectivity index is 2.11. The van der Waals surface area contributed by atoms with Crippen LogP contribution in [-0.2, 0) is 6.61 Å². The molecule has 0 aliphatic carbocycles. The zero-order valence-electron chi connectivity index (χ0n) is 9.29. The first-order valence-corrected chi connectivity index (χ1v) is 5.98. The number of hydrogen-bond donors (Lipinski definition) is 1. The van der Waals surface area contributed by atoms with E-state index < -0.39 is 11.6 Å². The Hall–Kier alpha value is -1.62. The lowest BCUT2D eigenvalue weighted by molar-refractivity contribution is 0.284. The van der Waals surface area contributed by atoms with E-state index in [-0.39, 0.29) is 12.4 Å². The van der Waals surface area contributed by atoms with Crippen molar-refractivity contribution < 1.29 is 13.5 Å². The molecule has 2 N–H and O–H groups in total. The predicted octanol–water partition coefficient (Wildman–Crippen LogP) is 3.89. The summed E-state index contributed by atoms with van der Waals surface area (Å²) in [5.41, 5.74) is 7.05. The topological polar surface area (TPSA) is 35.2 Å². The number of nitrogens with two attached hydrogens (primary N) is 1. The molecule has 0 fully saturated rings. The maximum atomic E-state index is 13.3. The van der Waals surface area contributed by atoms with Gasteiger partial charge in [0.1, 0.15) is 6.61 Å². The van der Waals surface area contributed by atoms with E-state index in [0.29, 0.717) is 5.69 Å². The smallest absolute Gasteiger partial charge is 0.200 e. The average Bonchev–Trinajstić information content (AvgIpc) is 2.35. The molecule has 0 bridgehead atoms. The van der Waals surface area contributed by atoms with Crippen molar-refractivity contribution in [2.24, 2.45) is 0 Å². The highest BCUT2D eigenvalue weighted by molar-refractivity contribution is 9.10. The van der Waals surface area contributed by atoms with Crippen LogP contribution in [0.5, 0.6) is 5.75 Å². The Kier molecular flexibility index (Phi) is 3.81. The largest absolute Gasteiger partial charge is 0.486 e. The Labute approximate surface area is 112 Å². The normalized spacial score (nSPS) is 10.4. The third-order valence-corrected chi connectivity index (χ3v) is 3.09. The van der Waals surface area contributed by atoms with Crippen molar-refractivity contribution in [2.75, 3.05) is 5.73 Å². The minimum atomic E-state index is -0.984. The van der Waals surface area contributed by atoms with Crippen LogP contribution in [0.25, 0.3) is 0 Å². The van der Waals surface area contributed by atoms with E-state index in [2.05, 4.69) is 15.9 Å². The second kappa shape index (κ2) is 5.35. The molecule has 0 saturated heterocycles. The Bertz CT molecular complexity index is 575. The van der Waals surface area contributed by atoms with Gasteiger partial charge in [0.25, 0.3) is 0 Å². The predicted molar refractivity (Wildman–Crippen MR) is 69.2 cm³/mol. The molecule has 2 aromatic carbocycles. The van der Waals surface area contributed by atoms with Crippen molar-refractivity contribution in [1.82, 2.24) is 0 Å². The summed E-state index contributed by atoms with van der Waals surface area (Å²) in [7, 11) is 0. The first-order valence-electron chi connectivity index (χ1n) is 5.18. The minimum absolute atomic E-state index is 0.114. The molecular formula is C13H10BrF2NO. The van der Waals surface area contributed by atoms with E-state index in [1.807, 2.05) is 0 Å². The SMILES string of the molecule is Nc1cc(COc2cccc(F)c2F)ccc1Br. The Morgan fingerprint density at radius 2 is 1.94 bits per heavy atom. The lowest BCUT2D eigenvalue weighted by atomic mass is 10.2. The molecule has 0 aliphatic rings. The molecular weight excluding hydrogens is 304 g/mol. The van der Waals surface area contributed by atoms with Gasteiger partial charge in [-0.3, -0.25) is 0 Å². The molecule has 0 radical (unpaired) electrons. The van der Waals surface area contributed by atoms with E-state index in [1.54, 1.807) is 18.2 Å². The van der Waals surface area contributed by atoms with Crippen LogP contribution in [0.2, 0.25) is 0 Å². The summed E-state index contributed by atoms with van der Waals surface area (Å²) in [4.78, 5) is 0. The van der Waals surface area contributed by atoms with Crippen molar-refractivity contribution in [3.8, 4) is 5.75 Å². The third-order valence-electron chi connectivity index (χ3n) is 2.37. The quantitative estimate of drug-likeness (QED) is 0.873. The van der Waals surface area contributed by atoms with Crippen LogP contribution < -0.4 is 10.5 Å². The maximum absolute atomic E-state index is 13.3. The van der Waals surface area contributed by atoms with E-state index in [9.17, 15) is 8.78 Å². The van der Waals surface area contributed by atoms with Gasteiger partial charge in [0, 0.05) is 10.2 Å². The third kappa shape index (κ3) is 2.79. The van der Waals surface area contributed by atoms with Gasteiger partial charge in [-0.15, -0.1) is 0 Å². The molecule has 94 valence electrons. The maximum Gasteiger partial charge on any atom is 0.200 e. The summed E-state index contributed by atoms with van der Waals surface area (Å²) in [5.74, 6) is -2.03. The fourth-order valence-corrected chi connectivity index (χ4v) is 1.69. The fraction of sp³-hybridized carbons (Fsp3) is 0.0769. The number of rotatable bonds is 3. The molecule has 18 heavy (non-hydrogen) atoms. The second-order valence-corrected chi connectivity index (χ2v) is 4.55. The van der Waals surface area contributed by atoms with E-state index >= 15 is 0 Å². The monoisotopic (exact) mass is 313 g/mol. The van der Waals surface area contributed by atoms with Gasteiger partial charge in [0.05, 0.1) is 0 Å². The summed E-state index contributed by atoms with van der Waals surface area (Å²) in [5, 5.41) is 0. The average molecular weight is 314 g/mol. The van der Waals surface area contributed by atoms with Gasteiger partial charge < -0.3 is 10.5 Å². The minimum Gasteiger partial charge on any atom is -0.486 e. The molecule has 0 amide bonds. The molecule has 0 aliphatic heterocycles. The second-order valence-electron chi connectivity index (χ2n) is 3.70. The van der Waals surface area contributed by atoms with Crippen LogP contribution in [0.3, 0.4) is 0 Å². The standard InChI is InChI=1S/C13H10BrF2NO/c14-9-5-4-8(6-11(9)17)7-18-12-3-1-2-10(15)13(12)16/h1-6H,7,17H2. The molecule has 2 nitrogen and oxygen atoms in total. The summed E-state index contributed by atoms with van der Waals surface area (Å²) in [6, 6.07) is 9.08. The van der Waals surface area contributed by atoms with Crippen molar-refractivity contribution >= 4 is 21.6 Å². The molecule has 5 heteroatoms. The number of anilines is 1. The Morgan fingerprint density at radius 1 is 1.17 bits per heavy atom. The first kappa shape index (κ1) is 12.8. The van der Waals surface area contributed by atoms with Crippen LogP contribution in [0.4, 0.5) is 14.5 Å². The van der Waals surface area contributed by atoms with Crippen molar-refractivity contribution in [3.63, 3.8) is 0 Å². The van der Waals surface area contributed by atoms with Gasteiger partial charge in [-0.1, -0.05) is 12.1 Å². The number of benzene rings is 2. The molecule has 0 unspecified atom stereocenters. The summed E-state index contributed by atoms with van der Waals surface area (Å²) in [6.07, 6.45) is 0. The Morgan fingerprint density at radius 3 is 2.67 bits per heavy atom. The van der Waals surface area contributed by atoms with Gasteiger partial charge in [-0.2, -0.15) is 4.39 Å². The molecule has 0 spiro atoms. The molecule has 0 atom stereocenters. The van der Waals surface area contributed by atoms with Crippen LogP contribution in [-0.4, -0.2) is 0 Å². The van der Waals surface area contributed by atoms with Crippen LogP contribution in [0.15, 0.2) is 40.9 Å². The van der Waals surface area contributed by atoms with Crippen molar-refractivity contribution in [1.29, 1.82) is 0 Å². The van der Waals surface area contributed by atoms with Crippen LogP contribution >= 0.6 is 15.9 Å². The summed E-state index contributed by atoms with van der Waals surface area (Å²) in [6.45, 7) is 0.123. The van der Waals surface area contributed by atoms with Crippen molar-refractivity contribution in [3.05, 3.63) is 58.1 Å². The number of nitrogen functional groups attached to an aromatic ring is 1. The molecule has 2 aromatic rings. The summed E-state index contributed by atoms with van der Waals surface area (Å²) < 4.78 is 32.2. The molecule has 0 aromatic heterocycles. The first-order chi connectivity index (χ1) is 8.58. The lowest BCUT2D eigenvalue weighted by Gasteiger charge is -2.08. The zero-order chi connectivity index (χ0) is 13.1. The highest BCUT2D eigenvalue weighted by Crippen LogP contribution is 2.23. The molecule has 0 saturated carbocycles. The van der Waals surface area contributed by atoms with Crippen LogP contribution in [0.1, 0.15) is 5.56 Å². The van der Waals surface area contributed by atoms with Gasteiger partial charge in [0.2, 0.25) is 5.82 Å². The highest BCUT2D eigenvalue weighted by Gasteiger charge is 2.08. The number of hydrogen-bond acceptors (Lipinski definition) is 2. The number of halogens is 3. The van der Waals surface area contributed by atoms with Gasteiger partial charge in [-0.05, 0) is 45.8 Å². The fourth-order valence-electron chi connectivity index (χ4n) is 1.44. The van der Waals surface area contributed by atoms with Gasteiger partial charge in [0.15, 0.2) is 11.6 Å². The summed E-state index contributed by atoms with van der Waals surface area (Å²) >= 11 is 3.27.